The molecule has 0 heterocycles. The Morgan fingerprint density at radius 2 is 1.90 bits per heavy atom. The van der Waals surface area contributed by atoms with Gasteiger partial charge in [0.25, 0.3) is 0 Å². The lowest BCUT2D eigenvalue weighted by molar-refractivity contribution is -0.0554. The Kier molecular flexibility index (Phi) is 7.57. The van der Waals surface area contributed by atoms with Crippen LogP contribution in [-0.2, 0) is 0 Å². The predicted octanol–water partition coefficient (Wildman–Crippen LogP) is 4.68. The van der Waals surface area contributed by atoms with Gasteiger partial charge >= 0.3 is 0 Å². The molecule has 7 atom stereocenters. The molecule has 0 unspecified atom stereocenters. The van der Waals surface area contributed by atoms with Gasteiger partial charge in [-0.05, 0) is 99.5 Å². The Morgan fingerprint density at radius 1 is 1.19 bits per heavy atom. The average Bonchev–Trinajstić information content (AvgIpc) is 3.04. The van der Waals surface area contributed by atoms with Crippen molar-refractivity contribution in [1.82, 2.24) is 0 Å². The molecule has 176 valence electrons. The number of rotatable bonds is 6. The molecule has 3 aliphatic rings. The van der Waals surface area contributed by atoms with E-state index in [0.29, 0.717) is 37.0 Å². The molecule has 0 amide bonds. The van der Waals surface area contributed by atoms with Crippen LogP contribution in [0.2, 0.25) is 0 Å². The zero-order valence-electron chi connectivity index (χ0n) is 20.0. The van der Waals surface area contributed by atoms with Gasteiger partial charge in [-0.2, -0.15) is 0 Å². The van der Waals surface area contributed by atoms with E-state index in [-0.39, 0.29) is 5.41 Å². The van der Waals surface area contributed by atoms with Gasteiger partial charge < -0.3 is 20.4 Å². The maximum atomic E-state index is 10.3. The summed E-state index contributed by atoms with van der Waals surface area (Å²) in [5.41, 5.74) is 2.48. The third-order valence-electron chi connectivity index (χ3n) is 8.70. The number of allylic oxidation sites excluding steroid dienone is 3. The highest BCUT2D eigenvalue weighted by Crippen LogP contribution is 2.60. The molecule has 0 bridgehead atoms. The van der Waals surface area contributed by atoms with E-state index in [0.717, 1.165) is 24.0 Å². The van der Waals surface area contributed by atoms with Crippen LogP contribution in [0.15, 0.2) is 35.5 Å². The van der Waals surface area contributed by atoms with Crippen molar-refractivity contribution in [2.75, 3.05) is 0 Å². The molecule has 0 radical (unpaired) electrons. The van der Waals surface area contributed by atoms with E-state index in [1.807, 2.05) is 0 Å². The first-order chi connectivity index (χ1) is 14.4. The van der Waals surface area contributed by atoms with Crippen molar-refractivity contribution in [2.24, 2.45) is 23.2 Å². The van der Waals surface area contributed by atoms with Crippen LogP contribution in [0.3, 0.4) is 0 Å². The van der Waals surface area contributed by atoms with Crippen molar-refractivity contribution < 1.29 is 20.4 Å². The van der Waals surface area contributed by atoms with E-state index in [4.69, 9.17) is 0 Å². The van der Waals surface area contributed by atoms with E-state index in [9.17, 15) is 20.4 Å². The van der Waals surface area contributed by atoms with Gasteiger partial charge in [0.2, 0.25) is 0 Å². The summed E-state index contributed by atoms with van der Waals surface area (Å²) < 4.78 is 0. The quantitative estimate of drug-likeness (QED) is 0.491. The summed E-state index contributed by atoms with van der Waals surface area (Å²) >= 11 is 0. The summed E-state index contributed by atoms with van der Waals surface area (Å²) in [4.78, 5) is 0. The second-order valence-electron chi connectivity index (χ2n) is 11.4. The van der Waals surface area contributed by atoms with Crippen LogP contribution < -0.4 is 0 Å². The molecule has 0 aromatic rings. The monoisotopic (exact) mass is 432 g/mol. The molecule has 3 saturated carbocycles. The van der Waals surface area contributed by atoms with Crippen LogP contribution in [-0.4, -0.2) is 44.3 Å². The molecule has 3 fully saturated rings. The van der Waals surface area contributed by atoms with E-state index in [1.54, 1.807) is 13.8 Å². The number of hydrogen-bond acceptors (Lipinski definition) is 4. The SMILES string of the molecule is C=C1/C(=C\C=C2\CCC[C@@]3(C)[C@H]2CC[C@H]3[C@H](C)CC[C@@H](O)C(C)(C)O)C[C@@H](O)C[C@@H]1O. The second kappa shape index (κ2) is 9.51. The Bertz CT molecular complexity index is 715. The van der Waals surface area contributed by atoms with Gasteiger partial charge in [0.05, 0.1) is 23.9 Å². The number of fused-ring (bicyclic) bond motifs is 1. The summed E-state index contributed by atoms with van der Waals surface area (Å²) in [6.07, 6.45) is 11.1. The summed E-state index contributed by atoms with van der Waals surface area (Å²) in [5.74, 6) is 1.74. The summed E-state index contributed by atoms with van der Waals surface area (Å²) in [6.45, 7) is 12.2. The van der Waals surface area contributed by atoms with Gasteiger partial charge in [-0.1, -0.05) is 38.2 Å². The number of aliphatic hydroxyl groups excluding tert-OH is 3. The van der Waals surface area contributed by atoms with Crippen LogP contribution >= 0.6 is 0 Å². The van der Waals surface area contributed by atoms with E-state index in [1.165, 1.54) is 31.3 Å². The Morgan fingerprint density at radius 3 is 2.58 bits per heavy atom. The minimum Gasteiger partial charge on any atom is -0.393 e. The van der Waals surface area contributed by atoms with Crippen molar-refractivity contribution in [1.29, 1.82) is 0 Å². The highest BCUT2D eigenvalue weighted by molar-refractivity contribution is 5.38. The Balaban J connectivity index is 1.71. The van der Waals surface area contributed by atoms with Crippen molar-refractivity contribution >= 4 is 0 Å². The first-order valence-electron chi connectivity index (χ1n) is 12.3. The highest BCUT2D eigenvalue weighted by Gasteiger charge is 2.50. The summed E-state index contributed by atoms with van der Waals surface area (Å²) in [6, 6.07) is 0. The van der Waals surface area contributed by atoms with Gasteiger partial charge in [0.15, 0.2) is 0 Å². The molecular weight excluding hydrogens is 388 g/mol. The van der Waals surface area contributed by atoms with Crippen LogP contribution in [0.25, 0.3) is 0 Å². The lowest BCUT2D eigenvalue weighted by atomic mass is 9.60. The third-order valence-corrected chi connectivity index (χ3v) is 8.70. The molecule has 0 saturated heterocycles. The fourth-order valence-corrected chi connectivity index (χ4v) is 6.65. The Hall–Kier alpha value is -0.940. The molecule has 3 rings (SSSR count). The minimum atomic E-state index is -1.04. The molecule has 0 aromatic heterocycles. The van der Waals surface area contributed by atoms with Gasteiger partial charge in [0, 0.05) is 6.42 Å². The molecule has 4 N–H and O–H groups in total. The van der Waals surface area contributed by atoms with Gasteiger partial charge in [-0.25, -0.2) is 0 Å². The molecule has 0 spiro atoms. The van der Waals surface area contributed by atoms with Gasteiger partial charge in [-0.15, -0.1) is 0 Å². The van der Waals surface area contributed by atoms with Crippen molar-refractivity contribution in [2.45, 2.75) is 109 Å². The third kappa shape index (κ3) is 5.35. The molecule has 0 aliphatic heterocycles. The van der Waals surface area contributed by atoms with Crippen LogP contribution in [0, 0.1) is 23.2 Å². The van der Waals surface area contributed by atoms with Gasteiger partial charge in [0.1, 0.15) is 0 Å². The molecule has 0 aromatic carbocycles. The normalized spacial score (nSPS) is 39.0. The van der Waals surface area contributed by atoms with E-state index in [2.05, 4.69) is 32.6 Å². The van der Waals surface area contributed by atoms with E-state index >= 15 is 0 Å². The second-order valence-corrected chi connectivity index (χ2v) is 11.4. The Labute approximate surface area is 188 Å². The van der Waals surface area contributed by atoms with Gasteiger partial charge in [-0.3, -0.25) is 0 Å². The molecule has 3 aliphatic carbocycles. The van der Waals surface area contributed by atoms with Crippen molar-refractivity contribution in [3.05, 3.63) is 35.5 Å². The van der Waals surface area contributed by atoms with Crippen LogP contribution in [0.4, 0.5) is 0 Å². The van der Waals surface area contributed by atoms with Crippen LogP contribution in [0.1, 0.15) is 85.5 Å². The van der Waals surface area contributed by atoms with Crippen molar-refractivity contribution in [3.8, 4) is 0 Å². The predicted molar refractivity (Wildman–Crippen MR) is 125 cm³/mol. The maximum absolute atomic E-state index is 10.3. The van der Waals surface area contributed by atoms with Crippen LogP contribution in [0.5, 0.6) is 0 Å². The zero-order chi connectivity index (χ0) is 23.0. The molecular formula is C27H44O4. The topological polar surface area (TPSA) is 80.9 Å². The lowest BCUT2D eigenvalue weighted by Crippen LogP contribution is -2.38. The maximum Gasteiger partial charge on any atom is 0.0849 e. The summed E-state index contributed by atoms with van der Waals surface area (Å²) in [5, 5.41) is 40.5. The molecule has 4 heteroatoms. The van der Waals surface area contributed by atoms with E-state index < -0.39 is 23.9 Å². The largest absolute Gasteiger partial charge is 0.393 e. The smallest absolute Gasteiger partial charge is 0.0849 e. The highest BCUT2D eigenvalue weighted by atomic mass is 16.3. The minimum absolute atomic E-state index is 0.282. The molecule has 31 heavy (non-hydrogen) atoms. The average molecular weight is 433 g/mol. The fourth-order valence-electron chi connectivity index (χ4n) is 6.65. The fraction of sp³-hybridized carbons (Fsp3) is 0.778. The standard InChI is InChI=1S/C27H44O4/c1-17(8-13-25(30)26(3,4)31)22-11-12-23-19(7-6-14-27(22,23)5)9-10-20-15-21(28)16-24(29)18(20)2/h9-10,17,21-25,28-31H,2,6-8,11-16H2,1,3-5H3/b19-9-,20-10-/t17-,21-,22+,23+,24+,25-,27-/m1/s1. The lowest BCUT2D eigenvalue weighted by Gasteiger charge is -2.44. The molecule has 4 nitrogen and oxygen atoms in total. The van der Waals surface area contributed by atoms with Crippen molar-refractivity contribution in [3.63, 3.8) is 0 Å². The first kappa shape index (κ1) is 24.7. The zero-order valence-corrected chi connectivity index (χ0v) is 20.0. The number of aliphatic hydroxyl groups is 4. The summed E-state index contributed by atoms with van der Waals surface area (Å²) in [7, 11) is 0. The number of hydrogen-bond donors (Lipinski definition) is 4. The first-order valence-corrected chi connectivity index (χ1v) is 12.3.